The normalized spacial score (nSPS) is 17.6. The second kappa shape index (κ2) is 6.88. The number of carbonyl (C=O) groups excluding carboxylic acids is 1. The Bertz CT molecular complexity index is 436. The van der Waals surface area contributed by atoms with Crippen molar-refractivity contribution < 1.29 is 9.21 Å². The molecule has 112 valence electrons. The fourth-order valence-electron chi connectivity index (χ4n) is 2.72. The Labute approximate surface area is 119 Å². The number of nitrogens with zero attached hydrogens (tertiary/aromatic N) is 2. The van der Waals surface area contributed by atoms with Crippen LogP contribution in [0.2, 0.25) is 0 Å². The number of hydrogen-bond donors (Lipinski definition) is 2. The highest BCUT2D eigenvalue weighted by atomic mass is 16.4. The van der Waals surface area contributed by atoms with E-state index in [1.807, 2.05) is 6.07 Å². The topological polar surface area (TPSA) is 74.7 Å². The van der Waals surface area contributed by atoms with Crippen LogP contribution in [0.3, 0.4) is 0 Å². The third-order valence-electron chi connectivity index (χ3n) is 3.73. The van der Waals surface area contributed by atoms with Crippen molar-refractivity contribution in [1.82, 2.24) is 15.2 Å². The van der Waals surface area contributed by atoms with Crippen LogP contribution in [-0.2, 0) is 6.54 Å². The standard InChI is InChI=1S/C14H24N4O2/c1-17(2)9-11-5-7-18(8-6-11)10-12-3-4-13(20-12)14(19)16-15/h3-4,11H,5-10,15H2,1-2H3,(H,16,19). The van der Waals surface area contributed by atoms with Crippen LogP contribution in [0.25, 0.3) is 0 Å². The summed E-state index contributed by atoms with van der Waals surface area (Å²) in [6.07, 6.45) is 2.43. The fraction of sp³-hybridized carbons (Fsp3) is 0.643. The van der Waals surface area contributed by atoms with Crippen molar-refractivity contribution in [2.45, 2.75) is 19.4 Å². The molecule has 1 fully saturated rings. The van der Waals surface area contributed by atoms with E-state index >= 15 is 0 Å². The van der Waals surface area contributed by atoms with E-state index in [-0.39, 0.29) is 11.7 Å². The largest absolute Gasteiger partial charge is 0.455 e. The molecule has 0 spiro atoms. The highest BCUT2D eigenvalue weighted by Gasteiger charge is 2.20. The Morgan fingerprint density at radius 2 is 2.15 bits per heavy atom. The van der Waals surface area contributed by atoms with E-state index in [1.165, 1.54) is 12.8 Å². The van der Waals surface area contributed by atoms with E-state index in [0.29, 0.717) is 0 Å². The van der Waals surface area contributed by atoms with Gasteiger partial charge in [-0.25, -0.2) is 5.84 Å². The van der Waals surface area contributed by atoms with Crippen LogP contribution >= 0.6 is 0 Å². The maximum absolute atomic E-state index is 11.3. The average molecular weight is 280 g/mol. The van der Waals surface area contributed by atoms with Crippen LogP contribution in [-0.4, -0.2) is 49.4 Å². The van der Waals surface area contributed by atoms with Crippen molar-refractivity contribution >= 4 is 5.91 Å². The number of nitrogens with two attached hydrogens (primary N) is 1. The number of rotatable bonds is 5. The number of hydrazine groups is 1. The van der Waals surface area contributed by atoms with Gasteiger partial charge in [0.1, 0.15) is 5.76 Å². The predicted molar refractivity (Wildman–Crippen MR) is 76.9 cm³/mol. The molecule has 2 rings (SSSR count). The minimum absolute atomic E-state index is 0.269. The van der Waals surface area contributed by atoms with Crippen LogP contribution < -0.4 is 11.3 Å². The van der Waals surface area contributed by atoms with Gasteiger partial charge in [-0.05, 0) is 58.1 Å². The first-order valence-corrected chi connectivity index (χ1v) is 7.05. The van der Waals surface area contributed by atoms with Gasteiger partial charge in [0, 0.05) is 6.54 Å². The Morgan fingerprint density at radius 3 is 2.75 bits per heavy atom. The first-order valence-electron chi connectivity index (χ1n) is 7.05. The predicted octanol–water partition coefficient (Wildman–Crippen LogP) is 0.657. The maximum atomic E-state index is 11.3. The molecule has 1 amide bonds. The summed E-state index contributed by atoms with van der Waals surface area (Å²) in [6, 6.07) is 3.51. The first-order chi connectivity index (χ1) is 9.58. The van der Waals surface area contributed by atoms with Gasteiger partial charge in [-0.3, -0.25) is 15.1 Å². The summed E-state index contributed by atoms with van der Waals surface area (Å²) in [5.41, 5.74) is 2.07. The monoisotopic (exact) mass is 280 g/mol. The molecule has 0 radical (unpaired) electrons. The third kappa shape index (κ3) is 4.06. The van der Waals surface area contributed by atoms with E-state index in [2.05, 4.69) is 29.3 Å². The Kier molecular flexibility index (Phi) is 5.17. The quantitative estimate of drug-likeness (QED) is 0.471. The number of nitrogen functional groups attached to an aromatic ring is 1. The third-order valence-corrected chi connectivity index (χ3v) is 3.73. The molecular weight excluding hydrogens is 256 g/mol. The van der Waals surface area contributed by atoms with Crippen LogP contribution in [0.5, 0.6) is 0 Å². The molecule has 0 aliphatic carbocycles. The molecule has 2 heterocycles. The molecule has 20 heavy (non-hydrogen) atoms. The molecule has 0 aromatic carbocycles. The van der Waals surface area contributed by atoms with Crippen LogP contribution in [0.1, 0.15) is 29.2 Å². The lowest BCUT2D eigenvalue weighted by molar-refractivity contribution is 0.0919. The van der Waals surface area contributed by atoms with E-state index in [1.54, 1.807) is 6.07 Å². The van der Waals surface area contributed by atoms with E-state index in [4.69, 9.17) is 10.3 Å². The molecular formula is C14H24N4O2. The molecule has 1 saturated heterocycles. The zero-order chi connectivity index (χ0) is 14.5. The smallest absolute Gasteiger partial charge is 0.300 e. The summed E-state index contributed by atoms with van der Waals surface area (Å²) < 4.78 is 5.49. The van der Waals surface area contributed by atoms with E-state index in [9.17, 15) is 4.79 Å². The molecule has 6 nitrogen and oxygen atoms in total. The molecule has 0 atom stereocenters. The number of carbonyl (C=O) groups is 1. The van der Waals surface area contributed by atoms with Gasteiger partial charge >= 0.3 is 5.91 Å². The van der Waals surface area contributed by atoms with Crippen molar-refractivity contribution in [2.24, 2.45) is 11.8 Å². The lowest BCUT2D eigenvalue weighted by atomic mass is 9.96. The Morgan fingerprint density at radius 1 is 1.45 bits per heavy atom. The second-order valence-corrected chi connectivity index (χ2v) is 5.72. The first kappa shape index (κ1) is 15.0. The highest BCUT2D eigenvalue weighted by molar-refractivity contribution is 5.90. The minimum Gasteiger partial charge on any atom is -0.455 e. The van der Waals surface area contributed by atoms with Gasteiger partial charge in [-0.1, -0.05) is 0 Å². The molecule has 6 heteroatoms. The number of piperidine rings is 1. The molecule has 0 bridgehead atoms. The maximum Gasteiger partial charge on any atom is 0.300 e. The molecule has 3 N–H and O–H groups in total. The lowest BCUT2D eigenvalue weighted by Crippen LogP contribution is -2.36. The SMILES string of the molecule is CN(C)CC1CCN(Cc2ccc(C(=O)NN)o2)CC1. The zero-order valence-corrected chi connectivity index (χ0v) is 12.3. The number of furan rings is 1. The summed E-state index contributed by atoms with van der Waals surface area (Å²) in [5.74, 6) is 6.56. The summed E-state index contributed by atoms with van der Waals surface area (Å²) in [5, 5.41) is 0. The molecule has 0 saturated carbocycles. The number of amides is 1. The lowest BCUT2D eigenvalue weighted by Gasteiger charge is -2.32. The zero-order valence-electron chi connectivity index (χ0n) is 12.3. The molecule has 0 unspecified atom stereocenters. The van der Waals surface area contributed by atoms with E-state index < -0.39 is 0 Å². The highest BCUT2D eigenvalue weighted by Crippen LogP contribution is 2.20. The van der Waals surface area contributed by atoms with Crippen molar-refractivity contribution in [2.75, 3.05) is 33.7 Å². The van der Waals surface area contributed by atoms with Crippen molar-refractivity contribution in [3.63, 3.8) is 0 Å². The van der Waals surface area contributed by atoms with Crippen molar-refractivity contribution in [3.05, 3.63) is 23.7 Å². The number of likely N-dealkylation sites (tertiary alicyclic amines) is 1. The molecule has 1 aliphatic heterocycles. The number of hydrogen-bond acceptors (Lipinski definition) is 5. The van der Waals surface area contributed by atoms with Gasteiger partial charge in [0.15, 0.2) is 5.76 Å². The number of nitrogens with one attached hydrogen (secondary N) is 1. The van der Waals surface area contributed by atoms with Crippen LogP contribution in [0, 0.1) is 5.92 Å². The van der Waals surface area contributed by atoms with E-state index in [0.717, 1.165) is 37.9 Å². The second-order valence-electron chi connectivity index (χ2n) is 5.72. The minimum atomic E-state index is -0.388. The van der Waals surface area contributed by atoms with Gasteiger partial charge < -0.3 is 9.32 Å². The fourth-order valence-corrected chi connectivity index (χ4v) is 2.72. The van der Waals surface area contributed by atoms with Gasteiger partial charge in [0.05, 0.1) is 6.54 Å². The van der Waals surface area contributed by atoms with Gasteiger partial charge in [-0.15, -0.1) is 0 Å². The Balaban J connectivity index is 1.80. The molecule has 1 aliphatic rings. The molecule has 1 aromatic rings. The van der Waals surface area contributed by atoms with Gasteiger partial charge in [0.25, 0.3) is 0 Å². The summed E-state index contributed by atoms with van der Waals surface area (Å²) in [7, 11) is 4.25. The summed E-state index contributed by atoms with van der Waals surface area (Å²) in [6.45, 7) is 4.08. The summed E-state index contributed by atoms with van der Waals surface area (Å²) >= 11 is 0. The summed E-state index contributed by atoms with van der Waals surface area (Å²) in [4.78, 5) is 15.9. The van der Waals surface area contributed by atoms with Crippen LogP contribution in [0.15, 0.2) is 16.5 Å². The van der Waals surface area contributed by atoms with Crippen molar-refractivity contribution in [1.29, 1.82) is 0 Å². The van der Waals surface area contributed by atoms with Crippen molar-refractivity contribution in [3.8, 4) is 0 Å². The van der Waals surface area contributed by atoms with Crippen LogP contribution in [0.4, 0.5) is 0 Å². The average Bonchev–Trinajstić information content (AvgIpc) is 2.88. The van der Waals surface area contributed by atoms with Gasteiger partial charge in [-0.2, -0.15) is 0 Å². The molecule has 1 aromatic heterocycles. The van der Waals surface area contributed by atoms with Gasteiger partial charge in [0.2, 0.25) is 0 Å². The Hall–Kier alpha value is -1.37.